The highest BCUT2D eigenvalue weighted by Gasteiger charge is 2.23. The SMILES string of the molecule is O=C(NCC(c1cccnc1)N1CCOCC1)c1ccccc1Br. The van der Waals surface area contributed by atoms with Gasteiger partial charge < -0.3 is 10.1 Å². The lowest BCUT2D eigenvalue weighted by Crippen LogP contribution is -2.43. The average Bonchev–Trinajstić information content (AvgIpc) is 2.64. The lowest BCUT2D eigenvalue weighted by Gasteiger charge is -2.34. The number of nitrogens with zero attached hydrogens (tertiary/aromatic N) is 2. The van der Waals surface area contributed by atoms with Crippen molar-refractivity contribution in [3.63, 3.8) is 0 Å². The maximum Gasteiger partial charge on any atom is 0.252 e. The van der Waals surface area contributed by atoms with Gasteiger partial charge in [0.25, 0.3) is 5.91 Å². The lowest BCUT2D eigenvalue weighted by molar-refractivity contribution is 0.0161. The minimum atomic E-state index is -0.0791. The van der Waals surface area contributed by atoms with Crippen molar-refractivity contribution < 1.29 is 9.53 Å². The van der Waals surface area contributed by atoms with Gasteiger partial charge in [0, 0.05) is 36.5 Å². The third-order valence-electron chi connectivity index (χ3n) is 4.13. The van der Waals surface area contributed by atoms with Crippen molar-refractivity contribution in [1.82, 2.24) is 15.2 Å². The van der Waals surface area contributed by atoms with Gasteiger partial charge in [0.15, 0.2) is 0 Å². The molecule has 1 atom stereocenters. The van der Waals surface area contributed by atoms with E-state index >= 15 is 0 Å². The van der Waals surface area contributed by atoms with E-state index in [1.165, 1.54) is 0 Å². The van der Waals surface area contributed by atoms with Crippen LogP contribution in [0.15, 0.2) is 53.3 Å². The number of nitrogens with one attached hydrogen (secondary N) is 1. The summed E-state index contributed by atoms with van der Waals surface area (Å²) in [5.41, 5.74) is 1.75. The maximum absolute atomic E-state index is 12.5. The second-order valence-corrected chi connectivity index (χ2v) is 6.49. The summed E-state index contributed by atoms with van der Waals surface area (Å²) in [6, 6.07) is 11.5. The van der Waals surface area contributed by atoms with Crippen LogP contribution in [0.2, 0.25) is 0 Å². The molecule has 5 nitrogen and oxygen atoms in total. The second-order valence-electron chi connectivity index (χ2n) is 5.64. The first-order valence-corrected chi connectivity index (χ1v) is 8.79. The van der Waals surface area contributed by atoms with Crippen molar-refractivity contribution in [3.05, 3.63) is 64.4 Å². The molecule has 1 amide bonds. The van der Waals surface area contributed by atoms with Gasteiger partial charge in [-0.2, -0.15) is 0 Å². The molecule has 1 aliphatic rings. The zero-order valence-electron chi connectivity index (χ0n) is 13.3. The van der Waals surface area contributed by atoms with Gasteiger partial charge in [-0.15, -0.1) is 0 Å². The number of hydrogen-bond donors (Lipinski definition) is 1. The fourth-order valence-corrected chi connectivity index (χ4v) is 3.31. The lowest BCUT2D eigenvalue weighted by atomic mass is 10.1. The summed E-state index contributed by atoms with van der Waals surface area (Å²) in [5, 5.41) is 3.06. The van der Waals surface area contributed by atoms with Crippen LogP contribution in [0, 0.1) is 0 Å². The second kappa shape index (κ2) is 8.37. The van der Waals surface area contributed by atoms with Crippen LogP contribution in [0.4, 0.5) is 0 Å². The highest BCUT2D eigenvalue weighted by atomic mass is 79.9. The molecule has 24 heavy (non-hydrogen) atoms. The number of ether oxygens (including phenoxy) is 1. The average molecular weight is 390 g/mol. The Bertz CT molecular complexity index is 675. The molecule has 1 saturated heterocycles. The van der Waals surface area contributed by atoms with Gasteiger partial charge in [-0.05, 0) is 39.7 Å². The summed E-state index contributed by atoms with van der Waals surface area (Å²) < 4.78 is 6.24. The Labute approximate surface area is 150 Å². The molecule has 1 unspecified atom stereocenters. The molecule has 0 aliphatic carbocycles. The molecule has 2 heterocycles. The standard InChI is InChI=1S/C18H20BrN3O2/c19-16-6-2-1-5-15(16)18(23)21-13-17(14-4-3-7-20-12-14)22-8-10-24-11-9-22/h1-7,12,17H,8-11,13H2,(H,21,23). The number of morpholine rings is 1. The topological polar surface area (TPSA) is 54.5 Å². The molecule has 0 spiro atoms. The summed E-state index contributed by atoms with van der Waals surface area (Å²) in [5.74, 6) is -0.0791. The van der Waals surface area contributed by atoms with Crippen molar-refractivity contribution in [2.45, 2.75) is 6.04 Å². The number of rotatable bonds is 5. The minimum absolute atomic E-state index is 0.0791. The predicted molar refractivity (Wildman–Crippen MR) is 95.8 cm³/mol. The van der Waals surface area contributed by atoms with E-state index < -0.39 is 0 Å². The zero-order chi connectivity index (χ0) is 16.8. The van der Waals surface area contributed by atoms with E-state index in [0.29, 0.717) is 12.1 Å². The van der Waals surface area contributed by atoms with E-state index in [0.717, 1.165) is 36.3 Å². The molecular formula is C18H20BrN3O2. The van der Waals surface area contributed by atoms with E-state index in [1.54, 1.807) is 6.20 Å². The molecule has 1 fully saturated rings. The molecule has 0 bridgehead atoms. The third kappa shape index (κ3) is 4.20. The third-order valence-corrected chi connectivity index (χ3v) is 4.82. The number of carbonyl (C=O) groups excluding carboxylic acids is 1. The fourth-order valence-electron chi connectivity index (χ4n) is 2.85. The van der Waals surface area contributed by atoms with Crippen molar-refractivity contribution in [2.24, 2.45) is 0 Å². The van der Waals surface area contributed by atoms with Crippen LogP contribution in [0.5, 0.6) is 0 Å². The number of benzene rings is 1. The molecule has 1 N–H and O–H groups in total. The Morgan fingerprint density at radius 2 is 2.04 bits per heavy atom. The van der Waals surface area contributed by atoms with Crippen molar-refractivity contribution >= 4 is 21.8 Å². The van der Waals surface area contributed by atoms with Gasteiger partial charge in [-0.1, -0.05) is 18.2 Å². The highest BCUT2D eigenvalue weighted by molar-refractivity contribution is 9.10. The van der Waals surface area contributed by atoms with Crippen LogP contribution < -0.4 is 5.32 Å². The largest absolute Gasteiger partial charge is 0.379 e. The first kappa shape index (κ1) is 17.1. The molecule has 0 radical (unpaired) electrons. The smallest absolute Gasteiger partial charge is 0.252 e. The molecule has 6 heteroatoms. The maximum atomic E-state index is 12.5. The predicted octanol–water partition coefficient (Wildman–Crippen LogP) is 2.65. The molecule has 1 aromatic carbocycles. The van der Waals surface area contributed by atoms with Gasteiger partial charge in [0.1, 0.15) is 0 Å². The van der Waals surface area contributed by atoms with E-state index in [2.05, 4.69) is 37.2 Å². The number of halogens is 1. The summed E-state index contributed by atoms with van der Waals surface area (Å²) in [7, 11) is 0. The van der Waals surface area contributed by atoms with Crippen molar-refractivity contribution in [1.29, 1.82) is 0 Å². The molecule has 0 saturated carbocycles. The zero-order valence-corrected chi connectivity index (χ0v) is 14.9. The molecular weight excluding hydrogens is 370 g/mol. The Kier molecular flexibility index (Phi) is 5.96. The van der Waals surface area contributed by atoms with E-state index in [4.69, 9.17) is 4.74 Å². The number of hydrogen-bond acceptors (Lipinski definition) is 4. The fraction of sp³-hybridized carbons (Fsp3) is 0.333. The van der Waals surface area contributed by atoms with E-state index in [9.17, 15) is 4.79 Å². The van der Waals surface area contributed by atoms with Crippen LogP contribution in [-0.2, 0) is 4.74 Å². The Morgan fingerprint density at radius 1 is 1.25 bits per heavy atom. The Hall–Kier alpha value is -1.76. The van der Waals surface area contributed by atoms with Crippen LogP contribution in [-0.4, -0.2) is 48.6 Å². The normalized spacial score (nSPS) is 16.5. The van der Waals surface area contributed by atoms with Gasteiger partial charge in [0.05, 0.1) is 24.8 Å². The molecule has 2 aromatic rings. The Morgan fingerprint density at radius 3 is 2.75 bits per heavy atom. The number of pyridine rings is 1. The monoisotopic (exact) mass is 389 g/mol. The van der Waals surface area contributed by atoms with Gasteiger partial charge in [0.2, 0.25) is 0 Å². The van der Waals surface area contributed by atoms with Crippen LogP contribution in [0.3, 0.4) is 0 Å². The van der Waals surface area contributed by atoms with E-state index in [-0.39, 0.29) is 11.9 Å². The molecule has 1 aromatic heterocycles. The van der Waals surface area contributed by atoms with Gasteiger partial charge in [-0.3, -0.25) is 14.7 Å². The van der Waals surface area contributed by atoms with E-state index in [1.807, 2.05) is 36.5 Å². The summed E-state index contributed by atoms with van der Waals surface area (Å²) in [4.78, 5) is 19.0. The van der Waals surface area contributed by atoms with Gasteiger partial charge >= 0.3 is 0 Å². The van der Waals surface area contributed by atoms with Crippen LogP contribution in [0.1, 0.15) is 22.0 Å². The number of aromatic nitrogens is 1. The Balaban J connectivity index is 1.72. The first-order valence-electron chi connectivity index (χ1n) is 8.00. The summed E-state index contributed by atoms with van der Waals surface area (Å²) >= 11 is 3.43. The molecule has 126 valence electrons. The van der Waals surface area contributed by atoms with Crippen LogP contribution >= 0.6 is 15.9 Å². The first-order chi connectivity index (χ1) is 11.8. The van der Waals surface area contributed by atoms with Crippen LogP contribution in [0.25, 0.3) is 0 Å². The highest BCUT2D eigenvalue weighted by Crippen LogP contribution is 2.21. The van der Waals surface area contributed by atoms with Gasteiger partial charge in [-0.25, -0.2) is 0 Å². The van der Waals surface area contributed by atoms with Crippen molar-refractivity contribution in [3.8, 4) is 0 Å². The van der Waals surface area contributed by atoms with Crippen molar-refractivity contribution in [2.75, 3.05) is 32.8 Å². The number of carbonyl (C=O) groups is 1. The molecule has 3 rings (SSSR count). The summed E-state index contributed by atoms with van der Waals surface area (Å²) in [6.07, 6.45) is 3.63. The minimum Gasteiger partial charge on any atom is -0.379 e. The summed E-state index contributed by atoms with van der Waals surface area (Å²) in [6.45, 7) is 3.67. The molecule has 1 aliphatic heterocycles. The quantitative estimate of drug-likeness (QED) is 0.853. The number of amides is 1.